The molecule has 0 heterocycles. The van der Waals surface area contributed by atoms with E-state index in [2.05, 4.69) is 26.3 Å². The summed E-state index contributed by atoms with van der Waals surface area (Å²) in [6.45, 7) is -0.197. The van der Waals surface area contributed by atoms with Crippen LogP contribution < -0.4 is 44.2 Å². The fourth-order valence-corrected chi connectivity index (χ4v) is 7.30. The van der Waals surface area contributed by atoms with Crippen molar-refractivity contribution in [2.45, 2.75) is 126 Å². The average molecular weight is 865 g/mol. The van der Waals surface area contributed by atoms with Gasteiger partial charge in [0.25, 0.3) is 0 Å². The number of aliphatic carboxylic acids is 2. The third-order valence-corrected chi connectivity index (χ3v) is 10.6. The molecule has 19 heteroatoms. The van der Waals surface area contributed by atoms with E-state index in [1.54, 1.807) is 30.3 Å². The second-order valence-electron chi connectivity index (χ2n) is 15.5. The number of rotatable bonds is 27. The number of guanidine groups is 1. The number of carbonyl (C=O) groups is 7. The minimum atomic E-state index is -1.41. The van der Waals surface area contributed by atoms with Crippen LogP contribution in [0.15, 0.2) is 65.7 Å². The van der Waals surface area contributed by atoms with Crippen LogP contribution in [0.5, 0.6) is 0 Å². The van der Waals surface area contributed by atoms with Crippen molar-refractivity contribution in [2.75, 3.05) is 19.6 Å². The van der Waals surface area contributed by atoms with Crippen LogP contribution in [0.25, 0.3) is 0 Å². The van der Waals surface area contributed by atoms with E-state index in [0.29, 0.717) is 31.2 Å². The van der Waals surface area contributed by atoms with Crippen LogP contribution in [0, 0.1) is 0 Å². The van der Waals surface area contributed by atoms with Crippen LogP contribution >= 0.6 is 0 Å². The molecule has 1 fully saturated rings. The summed E-state index contributed by atoms with van der Waals surface area (Å²) in [6, 6.07) is 11.3. The molecule has 5 atom stereocenters. The first-order valence-corrected chi connectivity index (χ1v) is 21.2. The van der Waals surface area contributed by atoms with Crippen molar-refractivity contribution >= 4 is 47.4 Å². The topological polar surface area (TPSA) is 328 Å². The molecule has 0 bridgehead atoms. The maximum Gasteiger partial charge on any atom is 0.323 e. The maximum atomic E-state index is 14.3. The number of benzene rings is 2. The first-order valence-electron chi connectivity index (χ1n) is 21.2. The highest BCUT2D eigenvalue weighted by Crippen LogP contribution is 2.24. The maximum absolute atomic E-state index is 14.3. The zero-order valence-corrected chi connectivity index (χ0v) is 35.2. The van der Waals surface area contributed by atoms with Gasteiger partial charge < -0.3 is 59.3 Å². The third kappa shape index (κ3) is 18.3. The number of amides is 5. The Kier molecular flexibility index (Phi) is 21.9. The molecule has 2 aromatic rings. The van der Waals surface area contributed by atoms with E-state index in [4.69, 9.17) is 22.9 Å². The molecule has 0 saturated heterocycles. The Morgan fingerprint density at radius 3 is 1.71 bits per heavy atom. The molecule has 5 amide bonds. The number of aliphatic imine (C=N–C) groups is 1. The van der Waals surface area contributed by atoms with Gasteiger partial charge in [0.15, 0.2) is 5.96 Å². The van der Waals surface area contributed by atoms with Crippen molar-refractivity contribution in [1.29, 1.82) is 0 Å². The van der Waals surface area contributed by atoms with Gasteiger partial charge in [0.1, 0.15) is 30.7 Å². The van der Waals surface area contributed by atoms with Crippen molar-refractivity contribution in [2.24, 2.45) is 27.9 Å². The number of nitrogens with two attached hydrogens (primary N) is 4. The average Bonchev–Trinajstić information content (AvgIpc) is 3.25. The number of unbranched alkanes of at least 4 members (excludes halogenated alkanes) is 1. The molecule has 1 aliphatic carbocycles. The predicted octanol–water partition coefficient (Wildman–Crippen LogP) is 0.0316. The van der Waals surface area contributed by atoms with Crippen LogP contribution in [-0.4, -0.2) is 118 Å². The number of nitrogens with one attached hydrogen (secondary N) is 4. The summed E-state index contributed by atoms with van der Waals surface area (Å²) in [5, 5.41) is 30.0. The summed E-state index contributed by atoms with van der Waals surface area (Å²) in [6.07, 6.45) is 4.21. The fourth-order valence-electron chi connectivity index (χ4n) is 7.30. The van der Waals surface area contributed by atoms with Crippen molar-refractivity contribution in [3.05, 3.63) is 71.8 Å². The van der Waals surface area contributed by atoms with Gasteiger partial charge in [-0.3, -0.25) is 38.6 Å². The zero-order valence-electron chi connectivity index (χ0n) is 35.2. The van der Waals surface area contributed by atoms with Crippen molar-refractivity contribution in [3.63, 3.8) is 0 Å². The fraction of sp³-hybridized carbons (Fsp3) is 0.535. The van der Waals surface area contributed by atoms with Crippen LogP contribution in [0.2, 0.25) is 0 Å². The first-order chi connectivity index (χ1) is 29.7. The van der Waals surface area contributed by atoms with E-state index in [-0.39, 0.29) is 57.6 Å². The lowest BCUT2D eigenvalue weighted by atomic mass is 9.93. The molecule has 1 aliphatic rings. The number of carbonyl (C=O) groups excluding carboxylic acids is 5. The zero-order chi connectivity index (χ0) is 45.4. The van der Waals surface area contributed by atoms with E-state index in [0.717, 1.165) is 24.8 Å². The Bertz CT molecular complexity index is 1790. The molecule has 3 rings (SSSR count). The molecule has 19 nitrogen and oxygen atoms in total. The van der Waals surface area contributed by atoms with E-state index in [9.17, 15) is 43.8 Å². The Morgan fingerprint density at radius 1 is 0.645 bits per heavy atom. The lowest BCUT2D eigenvalue weighted by Crippen LogP contribution is -2.60. The molecule has 0 aliphatic heterocycles. The smallest absolute Gasteiger partial charge is 0.323 e. The summed E-state index contributed by atoms with van der Waals surface area (Å²) >= 11 is 0. The second-order valence-corrected chi connectivity index (χ2v) is 15.5. The normalized spacial score (nSPS) is 15.1. The standard InChI is InChI=1S/C43H64N10O9/c44-23-11-10-19-32(39(59)51-34(21-22-36(54)55)42(62)53(27-37(56)57)30-17-8-3-9-18-30)50-41(61)35(26-29-15-6-2-7-16-29)52-40(60)33(20-12-24-48-43(46)47)49-38(58)31(45)25-28-13-4-1-5-14-28/h1-2,4-7,13-16,30-35H,3,8-12,17-27,44-45H2,(H,49,58)(H,50,61)(H,51,59)(H,52,60)(H,54,55)(H,56,57)(H4,46,47,48)/t31-,32-,33-,34-,35-/m0/s1. The van der Waals surface area contributed by atoms with Crippen molar-refractivity contribution in [1.82, 2.24) is 26.2 Å². The van der Waals surface area contributed by atoms with Crippen LogP contribution in [0.3, 0.4) is 0 Å². The number of nitrogens with zero attached hydrogens (tertiary/aromatic N) is 2. The Balaban J connectivity index is 1.90. The second kappa shape index (κ2) is 27.0. The van der Waals surface area contributed by atoms with E-state index >= 15 is 0 Å². The minimum Gasteiger partial charge on any atom is -0.481 e. The lowest BCUT2D eigenvalue weighted by Gasteiger charge is -2.36. The van der Waals surface area contributed by atoms with E-state index < -0.39 is 90.7 Å². The number of hydrogen-bond donors (Lipinski definition) is 10. The molecule has 0 aromatic heterocycles. The molecule has 340 valence electrons. The van der Waals surface area contributed by atoms with Gasteiger partial charge >= 0.3 is 11.9 Å². The summed E-state index contributed by atoms with van der Waals surface area (Å²) in [5.41, 5.74) is 24.4. The molecule has 62 heavy (non-hydrogen) atoms. The molecule has 1 saturated carbocycles. The van der Waals surface area contributed by atoms with Crippen LogP contribution in [0.1, 0.15) is 88.2 Å². The van der Waals surface area contributed by atoms with Gasteiger partial charge in [0.2, 0.25) is 29.5 Å². The Hall–Kier alpha value is -6.08. The van der Waals surface area contributed by atoms with Crippen molar-refractivity contribution in [3.8, 4) is 0 Å². The number of carboxylic acids is 2. The minimum absolute atomic E-state index is 0.0248. The number of hydrogen-bond acceptors (Lipinski definition) is 10. The van der Waals surface area contributed by atoms with E-state index in [1.165, 1.54) is 4.90 Å². The summed E-state index contributed by atoms with van der Waals surface area (Å²) in [5.74, 6) is -6.24. The first kappa shape index (κ1) is 50.3. The van der Waals surface area contributed by atoms with Crippen molar-refractivity contribution < 1.29 is 43.8 Å². The highest BCUT2D eigenvalue weighted by atomic mass is 16.4. The monoisotopic (exact) mass is 864 g/mol. The highest BCUT2D eigenvalue weighted by Gasteiger charge is 2.36. The van der Waals surface area contributed by atoms with Crippen LogP contribution in [0.4, 0.5) is 0 Å². The summed E-state index contributed by atoms with van der Waals surface area (Å²) in [7, 11) is 0. The van der Waals surface area contributed by atoms with Gasteiger partial charge in [-0.1, -0.05) is 79.9 Å². The lowest BCUT2D eigenvalue weighted by molar-refractivity contribution is -0.149. The third-order valence-electron chi connectivity index (χ3n) is 10.6. The molecule has 2 aromatic carbocycles. The van der Waals surface area contributed by atoms with Gasteiger partial charge in [0, 0.05) is 25.4 Å². The molecule has 0 unspecified atom stereocenters. The molecular weight excluding hydrogens is 801 g/mol. The van der Waals surface area contributed by atoms with Gasteiger partial charge in [-0.25, -0.2) is 0 Å². The SMILES string of the molecule is NCCCC[C@H](NC(=O)[C@H](Cc1ccccc1)NC(=O)[C@H](CCCN=C(N)N)NC(=O)[C@@H](N)Cc1ccccc1)C(=O)N[C@@H](CCC(=O)O)C(=O)N(CC(=O)O)C1CCCCC1. The predicted molar refractivity (Wildman–Crippen MR) is 232 cm³/mol. The van der Waals surface area contributed by atoms with Gasteiger partial charge in [-0.2, -0.15) is 0 Å². The number of carboxylic acid groups (broad SMARTS) is 2. The molecule has 0 radical (unpaired) electrons. The summed E-state index contributed by atoms with van der Waals surface area (Å²) < 4.78 is 0. The van der Waals surface area contributed by atoms with Gasteiger partial charge in [0.05, 0.1) is 6.04 Å². The van der Waals surface area contributed by atoms with Gasteiger partial charge in [-0.15, -0.1) is 0 Å². The van der Waals surface area contributed by atoms with E-state index in [1.807, 2.05) is 30.3 Å². The Labute approximate surface area is 362 Å². The molecule has 0 spiro atoms. The quantitative estimate of drug-likeness (QED) is 0.0323. The van der Waals surface area contributed by atoms with Gasteiger partial charge in [-0.05, 0) is 75.5 Å². The Morgan fingerprint density at radius 2 is 1.16 bits per heavy atom. The highest BCUT2D eigenvalue weighted by molar-refractivity contribution is 5.96. The summed E-state index contributed by atoms with van der Waals surface area (Å²) in [4.78, 5) is 98.6. The molecule has 14 N–H and O–H groups in total. The van der Waals surface area contributed by atoms with Crippen LogP contribution in [-0.2, 0) is 46.4 Å². The molecular formula is C43H64N10O9. The largest absolute Gasteiger partial charge is 0.481 e.